The van der Waals surface area contributed by atoms with Gasteiger partial charge in [-0.25, -0.2) is 0 Å². The summed E-state index contributed by atoms with van der Waals surface area (Å²) >= 11 is 0. The molecular formula is C24H36N2. The molecular weight excluding hydrogens is 316 g/mol. The third-order valence-electron chi connectivity index (χ3n) is 10.3. The molecule has 8 bridgehead atoms. The summed E-state index contributed by atoms with van der Waals surface area (Å²) in [6.07, 6.45) is 24.1. The second-order valence-corrected chi connectivity index (χ2v) is 12.0. The monoisotopic (exact) mass is 352 g/mol. The predicted molar refractivity (Wildman–Crippen MR) is 104 cm³/mol. The Kier molecular flexibility index (Phi) is 2.85. The van der Waals surface area contributed by atoms with Gasteiger partial charge in [-0.1, -0.05) is 0 Å². The third-order valence-corrected chi connectivity index (χ3v) is 10.3. The summed E-state index contributed by atoms with van der Waals surface area (Å²) in [5.74, 6) is 6.31. The highest BCUT2D eigenvalue weighted by Crippen LogP contribution is 2.61. The van der Waals surface area contributed by atoms with Crippen LogP contribution in [0.4, 0.5) is 0 Å². The number of rotatable bonds is 2. The fourth-order valence-corrected chi connectivity index (χ4v) is 10.4. The van der Waals surface area contributed by atoms with Crippen molar-refractivity contribution in [2.75, 3.05) is 0 Å². The zero-order valence-electron chi connectivity index (χ0n) is 16.6. The molecule has 8 aliphatic carbocycles. The molecule has 0 atom stereocenters. The first-order valence-electron chi connectivity index (χ1n) is 11.9. The first kappa shape index (κ1) is 15.3. The van der Waals surface area contributed by atoms with Crippen molar-refractivity contribution < 1.29 is 0 Å². The molecule has 0 N–H and O–H groups in total. The van der Waals surface area contributed by atoms with Gasteiger partial charge in [-0.15, -0.1) is 0 Å². The minimum absolute atomic E-state index is 0.529. The summed E-state index contributed by atoms with van der Waals surface area (Å²) in [5.41, 5.74) is 1.06. The van der Waals surface area contributed by atoms with Gasteiger partial charge in [0.15, 0.2) is 0 Å². The van der Waals surface area contributed by atoms with E-state index in [1.807, 2.05) is 0 Å². The van der Waals surface area contributed by atoms with Gasteiger partial charge in [-0.05, 0) is 119 Å². The lowest BCUT2D eigenvalue weighted by atomic mass is 9.52. The molecule has 1 aliphatic heterocycles. The number of nitrogens with zero attached hydrogens (tertiary/aromatic N) is 2. The van der Waals surface area contributed by atoms with Crippen molar-refractivity contribution in [3.8, 4) is 0 Å². The highest BCUT2D eigenvalue weighted by atomic mass is 15.4. The number of hydrogen-bond donors (Lipinski definition) is 0. The molecule has 9 rings (SSSR count). The lowest BCUT2D eigenvalue weighted by molar-refractivity contribution is -0.128. The van der Waals surface area contributed by atoms with E-state index in [4.69, 9.17) is 0 Å². The molecule has 1 heterocycles. The molecule has 0 radical (unpaired) electrons. The van der Waals surface area contributed by atoms with Crippen LogP contribution in [0, 0.1) is 35.5 Å². The predicted octanol–water partition coefficient (Wildman–Crippen LogP) is 5.36. The van der Waals surface area contributed by atoms with Crippen LogP contribution in [0.1, 0.15) is 84.0 Å². The Morgan fingerprint density at radius 3 is 1.08 bits per heavy atom. The van der Waals surface area contributed by atoms with E-state index in [0.717, 1.165) is 35.5 Å². The zero-order chi connectivity index (χ0) is 17.1. The van der Waals surface area contributed by atoms with E-state index in [-0.39, 0.29) is 0 Å². The molecule has 2 heteroatoms. The molecule has 0 amide bonds. The van der Waals surface area contributed by atoms with Crippen LogP contribution < -0.4 is 0 Å². The molecule has 0 saturated heterocycles. The smallest absolute Gasteiger partial charge is 0.0988 e. The normalized spacial score (nSPS) is 59.0. The molecule has 0 spiro atoms. The molecule has 8 saturated carbocycles. The van der Waals surface area contributed by atoms with E-state index in [9.17, 15) is 0 Å². The first-order valence-corrected chi connectivity index (χ1v) is 11.9. The van der Waals surface area contributed by atoms with Gasteiger partial charge in [-0.3, -0.25) is 0 Å². The van der Waals surface area contributed by atoms with Crippen LogP contribution in [0.3, 0.4) is 0 Å². The number of hydrogen-bond acceptors (Lipinski definition) is 2. The van der Waals surface area contributed by atoms with E-state index in [1.54, 1.807) is 38.5 Å². The van der Waals surface area contributed by atoms with Gasteiger partial charge < -0.3 is 9.80 Å². The maximum Gasteiger partial charge on any atom is 0.0988 e. The van der Waals surface area contributed by atoms with Gasteiger partial charge in [0.2, 0.25) is 0 Å². The molecule has 0 unspecified atom stereocenters. The van der Waals surface area contributed by atoms with Gasteiger partial charge in [-0.2, -0.15) is 0 Å². The molecule has 26 heavy (non-hydrogen) atoms. The van der Waals surface area contributed by atoms with Gasteiger partial charge in [0.1, 0.15) is 0 Å². The summed E-state index contributed by atoms with van der Waals surface area (Å²) in [7, 11) is 0. The van der Waals surface area contributed by atoms with Crippen molar-refractivity contribution in [2.45, 2.75) is 101 Å². The van der Waals surface area contributed by atoms with Gasteiger partial charge in [0.05, 0.1) is 6.17 Å². The molecule has 0 aromatic carbocycles. The van der Waals surface area contributed by atoms with E-state index >= 15 is 0 Å². The fraction of sp³-hybridized carbons (Fsp3) is 0.917. The summed E-state index contributed by atoms with van der Waals surface area (Å²) in [6, 6.07) is 0. The quantitative estimate of drug-likeness (QED) is 0.660. The SMILES string of the molecule is CC1N(C23CC4CC(CC(C4)C2)C3)C=CN1C12CC3CC(CC(C3)C1)C2. The average molecular weight is 353 g/mol. The van der Waals surface area contributed by atoms with Crippen LogP contribution in [0.15, 0.2) is 12.4 Å². The van der Waals surface area contributed by atoms with E-state index in [2.05, 4.69) is 29.1 Å². The standard InChI is InChI=1S/C24H36N2/c1-16-25(23-10-17-4-18(11-23)6-19(5-17)12-23)2-3-26(16)24-13-20-7-21(14-24)9-22(8-20)15-24/h2-3,16-22H,4-15H2,1H3. The first-order chi connectivity index (χ1) is 12.6. The van der Waals surface area contributed by atoms with Gasteiger partial charge in [0.25, 0.3) is 0 Å². The minimum atomic E-state index is 0.529. The largest absolute Gasteiger partial charge is 0.351 e. The molecule has 0 aromatic rings. The van der Waals surface area contributed by atoms with Crippen molar-refractivity contribution in [3.05, 3.63) is 12.4 Å². The average Bonchev–Trinajstić information content (AvgIpc) is 2.95. The van der Waals surface area contributed by atoms with Crippen molar-refractivity contribution in [1.29, 1.82) is 0 Å². The summed E-state index contributed by atoms with van der Waals surface area (Å²) in [4.78, 5) is 5.80. The Balaban J connectivity index is 1.19. The Morgan fingerprint density at radius 1 is 0.538 bits per heavy atom. The molecule has 142 valence electrons. The van der Waals surface area contributed by atoms with E-state index < -0.39 is 0 Å². The van der Waals surface area contributed by atoms with Crippen LogP contribution in [0.25, 0.3) is 0 Å². The van der Waals surface area contributed by atoms with E-state index in [0.29, 0.717) is 17.2 Å². The van der Waals surface area contributed by atoms with Crippen molar-refractivity contribution in [2.24, 2.45) is 35.5 Å². The second kappa shape index (κ2) is 4.84. The van der Waals surface area contributed by atoms with Crippen LogP contribution >= 0.6 is 0 Å². The summed E-state index contributed by atoms with van der Waals surface area (Å²) in [6.45, 7) is 2.55. The van der Waals surface area contributed by atoms with Crippen LogP contribution in [0.2, 0.25) is 0 Å². The minimum Gasteiger partial charge on any atom is -0.351 e. The highest BCUT2D eigenvalue weighted by molar-refractivity contribution is 5.18. The Hall–Kier alpha value is -0.660. The molecule has 2 nitrogen and oxygen atoms in total. The van der Waals surface area contributed by atoms with Crippen molar-refractivity contribution in [3.63, 3.8) is 0 Å². The Bertz CT molecular complexity index is 524. The maximum atomic E-state index is 2.90. The lowest BCUT2D eigenvalue weighted by Crippen LogP contribution is -2.65. The van der Waals surface area contributed by atoms with Crippen LogP contribution in [0.5, 0.6) is 0 Å². The fourth-order valence-electron chi connectivity index (χ4n) is 10.4. The summed E-state index contributed by atoms with van der Waals surface area (Å²) < 4.78 is 0. The summed E-state index contributed by atoms with van der Waals surface area (Å²) in [5, 5.41) is 0. The molecule has 0 aromatic heterocycles. The molecule has 8 fully saturated rings. The third kappa shape index (κ3) is 1.90. The van der Waals surface area contributed by atoms with Crippen LogP contribution in [-0.4, -0.2) is 27.0 Å². The highest BCUT2D eigenvalue weighted by Gasteiger charge is 2.58. The van der Waals surface area contributed by atoms with Crippen molar-refractivity contribution in [1.82, 2.24) is 9.80 Å². The zero-order valence-corrected chi connectivity index (χ0v) is 16.6. The van der Waals surface area contributed by atoms with Gasteiger partial charge in [0, 0.05) is 23.5 Å². The van der Waals surface area contributed by atoms with Crippen molar-refractivity contribution >= 4 is 0 Å². The van der Waals surface area contributed by atoms with Crippen LogP contribution in [-0.2, 0) is 0 Å². The van der Waals surface area contributed by atoms with E-state index in [1.165, 1.54) is 38.5 Å². The maximum absolute atomic E-state index is 2.90. The lowest BCUT2D eigenvalue weighted by Gasteiger charge is -2.64. The Morgan fingerprint density at radius 2 is 0.808 bits per heavy atom. The second-order valence-electron chi connectivity index (χ2n) is 12.0. The van der Waals surface area contributed by atoms with Gasteiger partial charge >= 0.3 is 0 Å². The Labute approximate surface area is 159 Å². The molecule has 9 aliphatic rings. The topological polar surface area (TPSA) is 6.48 Å².